The Bertz CT molecular complexity index is 1350. The van der Waals surface area contributed by atoms with Gasteiger partial charge in [-0.3, -0.25) is 14.4 Å². The first kappa shape index (κ1) is 30.9. The number of aliphatic hydroxyl groups excluding tert-OH is 1. The predicted octanol–water partition coefficient (Wildman–Crippen LogP) is 4.27. The molecule has 2 aromatic carbocycles. The van der Waals surface area contributed by atoms with Gasteiger partial charge in [-0.25, -0.2) is 0 Å². The lowest BCUT2D eigenvalue weighted by molar-refractivity contribution is -0.154. The lowest BCUT2D eigenvalue weighted by atomic mass is 9.66. The smallest absolute Gasteiger partial charge is 0.310 e. The molecule has 0 saturated carbocycles. The number of hydrogen-bond donors (Lipinski definition) is 1. The van der Waals surface area contributed by atoms with E-state index in [-0.39, 0.29) is 42.7 Å². The summed E-state index contributed by atoms with van der Waals surface area (Å²) >= 11 is 1.59. The second-order valence-electron chi connectivity index (χ2n) is 11.5. The minimum Gasteiger partial charge on any atom is -0.497 e. The van der Waals surface area contributed by atoms with Crippen molar-refractivity contribution in [3.05, 3.63) is 85.5 Å². The van der Waals surface area contributed by atoms with Gasteiger partial charge in [0.25, 0.3) is 5.91 Å². The highest BCUT2D eigenvalue weighted by atomic mass is 32.2. The Morgan fingerprint density at radius 3 is 2.51 bits per heavy atom. The second kappa shape index (κ2) is 13.0. The van der Waals surface area contributed by atoms with Gasteiger partial charge in [0.15, 0.2) is 0 Å². The van der Waals surface area contributed by atoms with Crippen molar-refractivity contribution >= 4 is 35.2 Å². The molecule has 1 spiro atoms. The van der Waals surface area contributed by atoms with Crippen molar-refractivity contribution in [1.29, 1.82) is 0 Å². The monoisotopic (exact) mass is 604 g/mol. The Labute approximate surface area is 257 Å². The van der Waals surface area contributed by atoms with Crippen LogP contribution in [0, 0.1) is 17.8 Å². The molecule has 0 aliphatic carbocycles. The minimum absolute atomic E-state index is 0.0230. The number of aliphatic hydroxyl groups is 1. The van der Waals surface area contributed by atoms with Crippen LogP contribution in [0.15, 0.2) is 79.9 Å². The number of anilines is 1. The van der Waals surface area contributed by atoms with Gasteiger partial charge in [0, 0.05) is 17.5 Å². The molecule has 0 aromatic heterocycles. The largest absolute Gasteiger partial charge is 0.497 e. The Balaban J connectivity index is 1.60. The van der Waals surface area contributed by atoms with Gasteiger partial charge in [-0.2, -0.15) is 0 Å². The van der Waals surface area contributed by atoms with Crippen LogP contribution in [0.25, 0.3) is 0 Å². The zero-order chi connectivity index (χ0) is 30.7. The summed E-state index contributed by atoms with van der Waals surface area (Å²) in [6, 6.07) is 15.3. The van der Waals surface area contributed by atoms with Gasteiger partial charge < -0.3 is 24.4 Å². The molecule has 1 N–H and O–H groups in total. The van der Waals surface area contributed by atoms with Gasteiger partial charge in [-0.1, -0.05) is 49.4 Å². The topological polar surface area (TPSA) is 96.4 Å². The number of esters is 1. The number of carbonyl (C=O) groups is 3. The molecule has 7 atom stereocenters. The molecule has 228 valence electrons. The number of likely N-dealkylation sites (tertiary alicyclic amines) is 1. The van der Waals surface area contributed by atoms with Gasteiger partial charge in [0.2, 0.25) is 5.91 Å². The van der Waals surface area contributed by atoms with E-state index >= 15 is 0 Å². The van der Waals surface area contributed by atoms with Crippen LogP contribution in [-0.2, 0) is 25.5 Å². The highest BCUT2D eigenvalue weighted by Gasteiger charge is 2.77. The van der Waals surface area contributed by atoms with Crippen LogP contribution >= 0.6 is 11.8 Å². The van der Waals surface area contributed by atoms with Crippen molar-refractivity contribution in [2.75, 3.05) is 31.8 Å². The average Bonchev–Trinajstić information content (AvgIpc) is 3.62. The van der Waals surface area contributed by atoms with E-state index < -0.39 is 34.6 Å². The van der Waals surface area contributed by atoms with E-state index in [0.717, 1.165) is 5.56 Å². The van der Waals surface area contributed by atoms with E-state index in [1.165, 1.54) is 0 Å². The Kier molecular flexibility index (Phi) is 9.32. The van der Waals surface area contributed by atoms with Gasteiger partial charge in [0.1, 0.15) is 11.8 Å². The summed E-state index contributed by atoms with van der Waals surface area (Å²) in [6.07, 6.45) is 4.93. The zero-order valence-electron chi connectivity index (χ0n) is 24.8. The van der Waals surface area contributed by atoms with E-state index in [4.69, 9.17) is 9.47 Å². The number of carbonyl (C=O) groups excluding carboxylic acids is 3. The number of rotatable bonds is 13. The molecule has 3 aliphatic rings. The van der Waals surface area contributed by atoms with E-state index in [9.17, 15) is 19.5 Å². The molecule has 5 rings (SSSR count). The van der Waals surface area contributed by atoms with Crippen molar-refractivity contribution in [3.63, 3.8) is 0 Å². The number of fused-ring (bicyclic) bond motifs is 1. The SMILES string of the molecule is C=CCCOC(=O)[C@@H]1[C@H]2C(=O)N([C@@H](CO)Cc3ccccc3)C(C(=O)N(CC=C)c3ccc(OC)cc3)C23S[C@@H]1CC3C. The fraction of sp³-hybridized carbons (Fsp3) is 0.441. The van der Waals surface area contributed by atoms with E-state index in [0.29, 0.717) is 30.7 Å². The molecular formula is C34H40N2O6S. The number of benzene rings is 2. The van der Waals surface area contributed by atoms with Gasteiger partial charge in [-0.05, 0) is 55.0 Å². The molecule has 3 aliphatic heterocycles. The summed E-state index contributed by atoms with van der Waals surface area (Å²) in [7, 11) is 1.58. The summed E-state index contributed by atoms with van der Waals surface area (Å²) in [5.74, 6) is -1.69. The van der Waals surface area contributed by atoms with Crippen LogP contribution in [0.1, 0.15) is 25.3 Å². The van der Waals surface area contributed by atoms with Gasteiger partial charge in [-0.15, -0.1) is 24.9 Å². The van der Waals surface area contributed by atoms with Gasteiger partial charge in [0.05, 0.1) is 42.9 Å². The summed E-state index contributed by atoms with van der Waals surface area (Å²) in [4.78, 5) is 46.3. The number of amides is 2. The Morgan fingerprint density at radius 1 is 1.16 bits per heavy atom. The lowest BCUT2D eigenvalue weighted by Crippen LogP contribution is -2.59. The molecule has 0 radical (unpaired) electrons. The van der Waals surface area contributed by atoms with Crippen molar-refractivity contribution in [2.24, 2.45) is 17.8 Å². The highest BCUT2D eigenvalue weighted by molar-refractivity contribution is 8.02. The van der Waals surface area contributed by atoms with Crippen molar-refractivity contribution in [3.8, 4) is 5.75 Å². The van der Waals surface area contributed by atoms with Crippen LogP contribution in [0.3, 0.4) is 0 Å². The van der Waals surface area contributed by atoms with Crippen molar-refractivity contribution in [1.82, 2.24) is 4.90 Å². The normalized spacial score (nSPS) is 27.8. The average molecular weight is 605 g/mol. The molecule has 2 bridgehead atoms. The maximum Gasteiger partial charge on any atom is 0.310 e. The first-order chi connectivity index (χ1) is 20.8. The molecule has 3 saturated heterocycles. The zero-order valence-corrected chi connectivity index (χ0v) is 25.6. The number of ether oxygens (including phenoxy) is 2. The molecular weight excluding hydrogens is 564 g/mol. The van der Waals surface area contributed by atoms with E-state index in [2.05, 4.69) is 20.1 Å². The third-order valence-electron chi connectivity index (χ3n) is 9.14. The van der Waals surface area contributed by atoms with E-state index in [1.54, 1.807) is 53.0 Å². The molecule has 3 unspecified atom stereocenters. The predicted molar refractivity (Wildman–Crippen MR) is 168 cm³/mol. The fourth-order valence-corrected chi connectivity index (χ4v) is 9.63. The van der Waals surface area contributed by atoms with Crippen LogP contribution in [0.2, 0.25) is 0 Å². The molecule has 3 heterocycles. The Hall–Kier alpha value is -3.56. The molecule has 2 amide bonds. The number of nitrogens with zero attached hydrogens (tertiary/aromatic N) is 2. The lowest BCUT2D eigenvalue weighted by Gasteiger charge is -2.42. The highest BCUT2D eigenvalue weighted by Crippen LogP contribution is 2.69. The third kappa shape index (κ3) is 5.38. The summed E-state index contributed by atoms with van der Waals surface area (Å²) in [5, 5.41) is 10.6. The molecule has 9 heteroatoms. The molecule has 8 nitrogen and oxygen atoms in total. The van der Waals surface area contributed by atoms with E-state index in [1.807, 2.05) is 42.5 Å². The van der Waals surface area contributed by atoms with Crippen molar-refractivity contribution in [2.45, 2.75) is 48.3 Å². The standard InChI is InChI=1S/C34H40N2O6S/c1-5-7-18-42-33(40)28-27-19-22(3)34(43-27)29(28)31(38)36(25(21-37)20-23-11-9-8-10-12-23)30(34)32(39)35(17-6-2)24-13-15-26(41-4)16-14-24/h5-6,8-16,22,25,27-30,37H,1-2,7,17-21H2,3-4H3/t22?,25-,27-,28+,29+,30?,34?/m1/s1. The Morgan fingerprint density at radius 2 is 1.88 bits per heavy atom. The third-order valence-corrected chi connectivity index (χ3v) is 11.2. The first-order valence-electron chi connectivity index (χ1n) is 14.8. The summed E-state index contributed by atoms with van der Waals surface area (Å²) in [5.41, 5.74) is 1.59. The van der Waals surface area contributed by atoms with Crippen LogP contribution < -0.4 is 9.64 Å². The number of methoxy groups -OCH3 is 1. The number of thioether (sulfide) groups is 1. The minimum atomic E-state index is -0.899. The maximum absolute atomic E-state index is 14.9. The molecule has 43 heavy (non-hydrogen) atoms. The summed E-state index contributed by atoms with van der Waals surface area (Å²) in [6.45, 7) is 9.77. The van der Waals surface area contributed by atoms with Gasteiger partial charge >= 0.3 is 5.97 Å². The maximum atomic E-state index is 14.9. The molecule has 3 fully saturated rings. The van der Waals surface area contributed by atoms with Crippen LogP contribution in [0.4, 0.5) is 5.69 Å². The molecule has 2 aromatic rings. The van der Waals surface area contributed by atoms with Crippen molar-refractivity contribution < 1.29 is 29.0 Å². The van der Waals surface area contributed by atoms with Crippen LogP contribution in [0.5, 0.6) is 5.75 Å². The quantitative estimate of drug-likeness (QED) is 0.207. The second-order valence-corrected chi connectivity index (χ2v) is 13.1. The van der Waals surface area contributed by atoms with Crippen LogP contribution in [-0.4, -0.2) is 76.7 Å². The first-order valence-corrected chi connectivity index (χ1v) is 15.7. The summed E-state index contributed by atoms with van der Waals surface area (Å²) < 4.78 is 10.1. The number of hydrogen-bond acceptors (Lipinski definition) is 7. The fourth-order valence-electron chi connectivity index (χ4n) is 7.24.